The van der Waals surface area contributed by atoms with E-state index < -0.39 is 0 Å². The van der Waals surface area contributed by atoms with Crippen molar-refractivity contribution in [2.24, 2.45) is 7.05 Å². The van der Waals surface area contributed by atoms with Crippen LogP contribution in [0.25, 0.3) is 21.6 Å². The molecule has 3 heterocycles. The molecule has 25 heavy (non-hydrogen) atoms. The Morgan fingerprint density at radius 2 is 1.76 bits per heavy atom. The van der Waals surface area contributed by atoms with Crippen LogP contribution in [0.4, 0.5) is 0 Å². The van der Waals surface area contributed by atoms with E-state index in [0.29, 0.717) is 0 Å². The van der Waals surface area contributed by atoms with Crippen LogP contribution in [0, 0.1) is 20.8 Å². The summed E-state index contributed by atoms with van der Waals surface area (Å²) in [6.07, 6.45) is 1.62. The van der Waals surface area contributed by atoms with Crippen LogP contribution in [-0.2, 0) is 7.05 Å². The Hall–Kier alpha value is -2.25. The van der Waals surface area contributed by atoms with Gasteiger partial charge in [0.2, 0.25) is 0 Å². The van der Waals surface area contributed by atoms with Crippen molar-refractivity contribution in [2.75, 3.05) is 0 Å². The highest BCUT2D eigenvalue weighted by atomic mass is 32.2. The van der Waals surface area contributed by atoms with Crippen LogP contribution in [-0.4, -0.2) is 24.7 Å². The highest BCUT2D eigenvalue weighted by molar-refractivity contribution is 7.99. The molecular weight excluding hydrogens is 350 g/mol. The molecule has 3 aromatic heterocycles. The van der Waals surface area contributed by atoms with Crippen LogP contribution in [0.3, 0.4) is 0 Å². The van der Waals surface area contributed by atoms with Crippen molar-refractivity contribution in [1.29, 1.82) is 0 Å². The highest BCUT2D eigenvalue weighted by Gasteiger charge is 2.17. The summed E-state index contributed by atoms with van der Waals surface area (Å²) >= 11 is 3.24. The molecule has 0 radical (unpaired) electrons. The van der Waals surface area contributed by atoms with Crippen LogP contribution in [0.15, 0.2) is 40.8 Å². The maximum Gasteiger partial charge on any atom is 0.197 e. The fourth-order valence-electron chi connectivity index (χ4n) is 2.67. The molecule has 5 nitrogen and oxygen atoms in total. The van der Waals surface area contributed by atoms with Gasteiger partial charge >= 0.3 is 0 Å². The van der Waals surface area contributed by atoms with Crippen molar-refractivity contribution >= 4 is 33.3 Å². The summed E-state index contributed by atoms with van der Waals surface area (Å²) in [4.78, 5) is 11.2. The van der Waals surface area contributed by atoms with Gasteiger partial charge in [0.05, 0.1) is 0 Å². The zero-order valence-electron chi connectivity index (χ0n) is 14.4. The van der Waals surface area contributed by atoms with Gasteiger partial charge in [-0.1, -0.05) is 29.8 Å². The molecule has 0 saturated carbocycles. The van der Waals surface area contributed by atoms with Crippen molar-refractivity contribution in [3.05, 3.63) is 46.6 Å². The molecule has 0 N–H and O–H groups in total. The monoisotopic (exact) mass is 367 g/mol. The fraction of sp³-hybridized carbons (Fsp3) is 0.222. The number of aryl methyl sites for hydroxylation is 3. The van der Waals surface area contributed by atoms with E-state index in [0.717, 1.165) is 31.8 Å². The second-order valence-electron chi connectivity index (χ2n) is 5.98. The van der Waals surface area contributed by atoms with Gasteiger partial charge in [0.1, 0.15) is 16.2 Å². The summed E-state index contributed by atoms with van der Waals surface area (Å²) in [5.74, 6) is 0.853. The average Bonchev–Trinajstić information content (AvgIpc) is 3.10. The molecular formula is C18H17N5S2. The van der Waals surface area contributed by atoms with E-state index in [1.165, 1.54) is 27.8 Å². The summed E-state index contributed by atoms with van der Waals surface area (Å²) in [7, 11) is 1.99. The minimum absolute atomic E-state index is 0.818. The number of fused-ring (bicyclic) bond motifs is 1. The zero-order chi connectivity index (χ0) is 17.6. The largest absolute Gasteiger partial charge is 0.305 e. The fourth-order valence-corrected chi connectivity index (χ4v) is 4.66. The second-order valence-corrected chi connectivity index (χ2v) is 8.13. The number of benzene rings is 1. The van der Waals surface area contributed by atoms with Gasteiger partial charge in [0.15, 0.2) is 11.0 Å². The molecule has 4 aromatic rings. The Morgan fingerprint density at radius 1 is 1.00 bits per heavy atom. The third kappa shape index (κ3) is 2.83. The molecule has 0 atom stereocenters. The molecule has 0 fully saturated rings. The molecule has 0 amide bonds. The lowest BCUT2D eigenvalue weighted by atomic mass is 10.1. The third-order valence-corrected chi connectivity index (χ3v) is 6.42. The van der Waals surface area contributed by atoms with E-state index in [1.807, 2.05) is 11.6 Å². The van der Waals surface area contributed by atoms with E-state index in [-0.39, 0.29) is 0 Å². The second kappa shape index (κ2) is 6.24. The number of hydrogen-bond acceptors (Lipinski definition) is 6. The molecule has 0 aliphatic rings. The summed E-state index contributed by atoms with van der Waals surface area (Å²) in [6.45, 7) is 6.32. The van der Waals surface area contributed by atoms with Gasteiger partial charge in [-0.05, 0) is 38.1 Å². The number of hydrogen-bond donors (Lipinski definition) is 0. The van der Waals surface area contributed by atoms with Crippen LogP contribution >= 0.6 is 23.1 Å². The van der Waals surface area contributed by atoms with Crippen LogP contribution < -0.4 is 0 Å². The van der Waals surface area contributed by atoms with E-state index in [9.17, 15) is 0 Å². The number of thiophene rings is 1. The molecule has 1 aromatic carbocycles. The molecule has 126 valence electrons. The minimum Gasteiger partial charge on any atom is -0.305 e. The summed E-state index contributed by atoms with van der Waals surface area (Å²) in [5, 5.41) is 11.6. The Kier molecular flexibility index (Phi) is 4.05. The first kappa shape index (κ1) is 16.2. The zero-order valence-corrected chi connectivity index (χ0v) is 16.1. The van der Waals surface area contributed by atoms with E-state index in [2.05, 4.69) is 65.2 Å². The molecule has 0 saturated heterocycles. The number of nitrogens with zero attached hydrogens (tertiary/aromatic N) is 5. The van der Waals surface area contributed by atoms with E-state index >= 15 is 0 Å². The van der Waals surface area contributed by atoms with Crippen molar-refractivity contribution in [1.82, 2.24) is 24.7 Å². The summed E-state index contributed by atoms with van der Waals surface area (Å²) in [5.41, 5.74) is 3.53. The van der Waals surface area contributed by atoms with E-state index in [4.69, 9.17) is 0 Å². The van der Waals surface area contributed by atoms with Gasteiger partial charge < -0.3 is 4.57 Å². The predicted octanol–water partition coefficient (Wildman–Crippen LogP) is 4.56. The van der Waals surface area contributed by atoms with Gasteiger partial charge in [-0.15, -0.1) is 21.5 Å². The maximum absolute atomic E-state index is 4.49. The first-order valence-electron chi connectivity index (χ1n) is 7.89. The standard InChI is InChI=1S/C18H17N5S2/c1-10-5-7-13(8-6-10)15-21-22-18(23(15)4)25-17-14-11(2)12(3)24-16(14)19-9-20-17/h5-9H,1-4H3. The quantitative estimate of drug-likeness (QED) is 0.497. The molecule has 0 unspecified atom stereocenters. The molecule has 0 aliphatic heterocycles. The Labute approximate surface area is 154 Å². The van der Waals surface area contributed by atoms with Crippen LogP contribution in [0.5, 0.6) is 0 Å². The normalized spacial score (nSPS) is 11.4. The maximum atomic E-state index is 4.49. The number of aromatic nitrogens is 5. The highest BCUT2D eigenvalue weighted by Crippen LogP contribution is 2.37. The van der Waals surface area contributed by atoms with Gasteiger partial charge in [0, 0.05) is 22.9 Å². The SMILES string of the molecule is Cc1ccc(-c2nnc(Sc3ncnc4sc(C)c(C)c34)n2C)cc1. The lowest BCUT2D eigenvalue weighted by Gasteiger charge is -2.05. The Morgan fingerprint density at radius 3 is 2.52 bits per heavy atom. The Balaban J connectivity index is 1.74. The molecule has 0 aliphatic carbocycles. The lowest BCUT2D eigenvalue weighted by molar-refractivity contribution is 0.792. The first-order chi connectivity index (χ1) is 12.0. The third-order valence-electron chi connectivity index (χ3n) is 4.26. The minimum atomic E-state index is 0.818. The van der Waals surface area contributed by atoms with Crippen molar-refractivity contribution in [2.45, 2.75) is 31.0 Å². The van der Waals surface area contributed by atoms with Gasteiger partial charge in [0.25, 0.3) is 0 Å². The molecule has 4 rings (SSSR count). The molecule has 0 bridgehead atoms. The Bertz CT molecular complexity index is 1060. The smallest absolute Gasteiger partial charge is 0.197 e. The van der Waals surface area contributed by atoms with Gasteiger partial charge in [-0.3, -0.25) is 0 Å². The first-order valence-corrected chi connectivity index (χ1v) is 9.53. The summed E-state index contributed by atoms with van der Waals surface area (Å²) < 4.78 is 2.01. The van der Waals surface area contributed by atoms with Gasteiger partial charge in [-0.2, -0.15) is 0 Å². The van der Waals surface area contributed by atoms with Crippen molar-refractivity contribution in [3.8, 4) is 11.4 Å². The van der Waals surface area contributed by atoms with Crippen LogP contribution in [0.1, 0.15) is 16.0 Å². The van der Waals surface area contributed by atoms with Gasteiger partial charge in [-0.25, -0.2) is 9.97 Å². The lowest BCUT2D eigenvalue weighted by Crippen LogP contribution is -1.95. The molecule has 7 heteroatoms. The van der Waals surface area contributed by atoms with E-state index in [1.54, 1.807) is 17.7 Å². The van der Waals surface area contributed by atoms with Crippen molar-refractivity contribution in [3.63, 3.8) is 0 Å². The summed E-state index contributed by atoms with van der Waals surface area (Å²) in [6, 6.07) is 8.32. The molecule has 0 spiro atoms. The average molecular weight is 368 g/mol. The predicted molar refractivity (Wildman–Crippen MR) is 102 cm³/mol. The topological polar surface area (TPSA) is 56.5 Å². The number of rotatable bonds is 3. The van der Waals surface area contributed by atoms with Crippen LogP contribution in [0.2, 0.25) is 0 Å². The van der Waals surface area contributed by atoms with Crippen molar-refractivity contribution < 1.29 is 0 Å².